The number of nitrogens with zero attached hydrogens (tertiary/aromatic N) is 6. The van der Waals surface area contributed by atoms with E-state index in [9.17, 15) is 14.0 Å². The predicted octanol–water partition coefficient (Wildman–Crippen LogP) is 5.62. The number of carbonyl (C=O) groups excluding carboxylic acids is 2. The lowest BCUT2D eigenvalue weighted by molar-refractivity contribution is -0.146. The Balaban J connectivity index is 1.25. The number of aromatic nitrogens is 4. The van der Waals surface area contributed by atoms with Crippen molar-refractivity contribution >= 4 is 28.7 Å². The van der Waals surface area contributed by atoms with Crippen molar-refractivity contribution in [3.8, 4) is 11.1 Å². The third-order valence-corrected chi connectivity index (χ3v) is 8.57. The van der Waals surface area contributed by atoms with Crippen LogP contribution in [0.25, 0.3) is 22.0 Å². The lowest BCUT2D eigenvalue weighted by Crippen LogP contribution is -2.50. The van der Waals surface area contributed by atoms with Crippen molar-refractivity contribution in [1.82, 2.24) is 24.2 Å². The lowest BCUT2D eigenvalue weighted by Gasteiger charge is -2.36. The second-order valence-corrected chi connectivity index (χ2v) is 12.9. The Labute approximate surface area is 262 Å². The second-order valence-electron chi connectivity index (χ2n) is 12.9. The number of rotatable bonds is 6. The summed E-state index contributed by atoms with van der Waals surface area (Å²) in [6.07, 6.45) is 2.41. The zero-order valence-corrected chi connectivity index (χ0v) is 26.8. The number of carbonyl (C=O) groups is 2. The van der Waals surface area contributed by atoms with Gasteiger partial charge in [-0.25, -0.2) is 19.0 Å². The Morgan fingerprint density at radius 3 is 2.47 bits per heavy atom. The van der Waals surface area contributed by atoms with Gasteiger partial charge < -0.3 is 23.8 Å². The number of benzene rings is 2. The molecule has 0 radical (unpaired) electrons. The fourth-order valence-corrected chi connectivity index (χ4v) is 6.33. The SMILES string of the molecule is CCOC(=O)C(c1ncn2c1C[C@@H](F)C2)n1cc2c(C)cc(-c3ccc(N4CCN(C(=O)OC(C)(C)C)CC4)cc3)c(C)c2n1. The smallest absolute Gasteiger partial charge is 0.410 e. The van der Waals surface area contributed by atoms with Crippen LogP contribution in [0.2, 0.25) is 0 Å². The molecule has 2 aromatic carbocycles. The van der Waals surface area contributed by atoms with Gasteiger partial charge >= 0.3 is 12.1 Å². The number of ether oxygens (including phenoxy) is 2. The van der Waals surface area contributed by atoms with Crippen LogP contribution in [0, 0.1) is 13.8 Å². The van der Waals surface area contributed by atoms with Crippen molar-refractivity contribution in [1.29, 1.82) is 0 Å². The molecule has 238 valence electrons. The standard InChI is InChI=1S/C34H41FN6O4/c1-7-44-32(42)31(30-28-17-24(35)18-40(28)20-36-30)41-19-27-21(2)16-26(22(3)29(27)37-41)23-8-10-25(11-9-23)38-12-14-39(15-13-38)33(43)45-34(4,5)6/h8-11,16,19-20,24,31H,7,12-15,17-18H2,1-6H3/t24-,31?/m1/s1. The maximum absolute atomic E-state index is 14.2. The van der Waals surface area contributed by atoms with Gasteiger partial charge in [-0.1, -0.05) is 18.2 Å². The van der Waals surface area contributed by atoms with Crippen LogP contribution in [0.3, 0.4) is 0 Å². The van der Waals surface area contributed by atoms with Gasteiger partial charge in [-0.2, -0.15) is 5.10 Å². The summed E-state index contributed by atoms with van der Waals surface area (Å²) in [6.45, 7) is 14.6. The third kappa shape index (κ3) is 6.00. The van der Waals surface area contributed by atoms with Crippen molar-refractivity contribution < 1.29 is 23.5 Å². The first-order valence-electron chi connectivity index (χ1n) is 15.6. The van der Waals surface area contributed by atoms with E-state index in [1.165, 1.54) is 0 Å². The number of halogens is 1. The van der Waals surface area contributed by atoms with Gasteiger partial charge in [-0.15, -0.1) is 0 Å². The molecular weight excluding hydrogens is 575 g/mol. The molecule has 4 aromatic rings. The van der Waals surface area contributed by atoms with Gasteiger partial charge in [-0.3, -0.25) is 4.68 Å². The average molecular weight is 617 g/mol. The van der Waals surface area contributed by atoms with Gasteiger partial charge in [0.2, 0.25) is 0 Å². The Morgan fingerprint density at radius 2 is 1.80 bits per heavy atom. The average Bonchev–Trinajstić information content (AvgIpc) is 3.70. The third-order valence-electron chi connectivity index (χ3n) is 8.57. The highest BCUT2D eigenvalue weighted by atomic mass is 19.1. The molecule has 45 heavy (non-hydrogen) atoms. The summed E-state index contributed by atoms with van der Waals surface area (Å²) < 4.78 is 28.6. The molecule has 0 spiro atoms. The van der Waals surface area contributed by atoms with E-state index in [-0.39, 0.29) is 25.7 Å². The number of imidazole rings is 1. The summed E-state index contributed by atoms with van der Waals surface area (Å²) in [6, 6.07) is 9.71. The topological polar surface area (TPSA) is 94.7 Å². The highest BCUT2D eigenvalue weighted by Crippen LogP contribution is 2.35. The van der Waals surface area contributed by atoms with Gasteiger partial charge in [0, 0.05) is 55.6 Å². The summed E-state index contributed by atoms with van der Waals surface area (Å²) in [7, 11) is 0. The molecule has 11 heteroatoms. The molecule has 0 bridgehead atoms. The molecule has 2 aliphatic rings. The zero-order chi connectivity index (χ0) is 32.0. The minimum absolute atomic E-state index is 0.212. The molecule has 6 rings (SSSR count). The first kappa shape index (κ1) is 30.6. The van der Waals surface area contributed by atoms with Crippen LogP contribution in [0.5, 0.6) is 0 Å². The molecule has 10 nitrogen and oxygen atoms in total. The summed E-state index contributed by atoms with van der Waals surface area (Å²) in [5.41, 5.74) is 6.72. The second kappa shape index (κ2) is 11.8. The Bertz CT molecular complexity index is 1730. The quantitative estimate of drug-likeness (QED) is 0.260. The van der Waals surface area contributed by atoms with Crippen molar-refractivity contribution in [3.63, 3.8) is 0 Å². The number of hydrogen-bond acceptors (Lipinski definition) is 7. The largest absolute Gasteiger partial charge is 0.464 e. The molecule has 1 saturated heterocycles. The number of aryl methyl sites for hydroxylation is 2. The van der Waals surface area contributed by atoms with E-state index in [0.717, 1.165) is 51.9 Å². The maximum Gasteiger partial charge on any atom is 0.410 e. The van der Waals surface area contributed by atoms with Crippen LogP contribution in [0.4, 0.5) is 14.9 Å². The maximum atomic E-state index is 14.2. The van der Waals surface area contributed by atoms with Crippen LogP contribution in [0.1, 0.15) is 56.3 Å². The monoisotopic (exact) mass is 616 g/mol. The molecule has 1 fully saturated rings. The lowest BCUT2D eigenvalue weighted by atomic mass is 9.95. The van der Waals surface area contributed by atoms with Crippen molar-refractivity contribution in [3.05, 3.63) is 65.4 Å². The summed E-state index contributed by atoms with van der Waals surface area (Å²) in [5, 5.41) is 5.85. The Kier molecular flexibility index (Phi) is 8.05. The predicted molar refractivity (Wildman–Crippen MR) is 170 cm³/mol. The number of amides is 1. The molecule has 2 atom stereocenters. The fraction of sp³-hybridized carbons (Fsp3) is 0.471. The highest BCUT2D eigenvalue weighted by Gasteiger charge is 2.35. The number of piperazine rings is 1. The van der Waals surface area contributed by atoms with Gasteiger partial charge in [0.1, 0.15) is 11.8 Å². The summed E-state index contributed by atoms with van der Waals surface area (Å²) in [4.78, 5) is 34.3. The molecule has 2 aliphatic heterocycles. The number of alkyl halides is 1. The number of anilines is 1. The zero-order valence-electron chi connectivity index (χ0n) is 26.8. The van der Waals surface area contributed by atoms with Crippen LogP contribution >= 0.6 is 0 Å². The summed E-state index contributed by atoms with van der Waals surface area (Å²) >= 11 is 0. The fourth-order valence-electron chi connectivity index (χ4n) is 6.33. The first-order chi connectivity index (χ1) is 21.4. The molecule has 2 aromatic heterocycles. The normalized spacial score (nSPS) is 17.4. The van der Waals surface area contributed by atoms with Crippen molar-refractivity contribution in [2.75, 3.05) is 37.7 Å². The van der Waals surface area contributed by atoms with E-state index in [2.05, 4.69) is 40.2 Å². The minimum Gasteiger partial charge on any atom is -0.464 e. The van der Waals surface area contributed by atoms with Gasteiger partial charge in [0.15, 0.2) is 6.04 Å². The number of hydrogen-bond donors (Lipinski definition) is 0. The highest BCUT2D eigenvalue weighted by molar-refractivity contribution is 5.92. The van der Waals surface area contributed by atoms with Crippen LogP contribution in [-0.4, -0.2) is 80.9 Å². The molecule has 4 heterocycles. The van der Waals surface area contributed by atoms with E-state index in [1.54, 1.807) is 27.4 Å². The summed E-state index contributed by atoms with van der Waals surface area (Å²) in [5.74, 6) is -0.466. The number of fused-ring (bicyclic) bond motifs is 2. The van der Waals surface area contributed by atoms with Gasteiger partial charge in [0.05, 0.1) is 30.7 Å². The van der Waals surface area contributed by atoms with E-state index in [0.29, 0.717) is 24.5 Å². The molecule has 0 aliphatic carbocycles. The van der Waals surface area contributed by atoms with Gasteiger partial charge in [-0.05, 0) is 75.9 Å². The number of esters is 1. The molecular formula is C34H41FN6O4. The van der Waals surface area contributed by atoms with E-state index in [1.807, 2.05) is 40.8 Å². The minimum atomic E-state index is -0.999. The van der Waals surface area contributed by atoms with Crippen LogP contribution in [0.15, 0.2) is 42.9 Å². The molecule has 1 amide bonds. The molecule has 1 unspecified atom stereocenters. The van der Waals surface area contributed by atoms with Crippen molar-refractivity contribution in [2.24, 2.45) is 0 Å². The first-order valence-corrected chi connectivity index (χ1v) is 15.6. The van der Waals surface area contributed by atoms with Crippen molar-refractivity contribution in [2.45, 2.75) is 72.3 Å². The molecule has 0 saturated carbocycles. The van der Waals surface area contributed by atoms with E-state index in [4.69, 9.17) is 14.6 Å². The van der Waals surface area contributed by atoms with E-state index >= 15 is 0 Å². The van der Waals surface area contributed by atoms with Gasteiger partial charge in [0.25, 0.3) is 0 Å². The van der Waals surface area contributed by atoms with Crippen LogP contribution < -0.4 is 4.90 Å². The van der Waals surface area contributed by atoms with Crippen LogP contribution in [-0.2, 0) is 27.2 Å². The molecule has 0 N–H and O–H groups in total. The van der Waals surface area contributed by atoms with E-state index < -0.39 is 23.8 Å². The Hall–Kier alpha value is -4.41. The Morgan fingerprint density at radius 1 is 1.09 bits per heavy atom.